The van der Waals surface area contributed by atoms with Crippen molar-refractivity contribution in [2.75, 3.05) is 13.9 Å². The maximum absolute atomic E-state index is 13.3. The zero-order valence-corrected chi connectivity index (χ0v) is 18.9. The molecule has 0 aliphatic carbocycles. The van der Waals surface area contributed by atoms with Gasteiger partial charge in [-0.3, -0.25) is 0 Å². The topological polar surface area (TPSA) is 63.2 Å². The van der Waals surface area contributed by atoms with E-state index in [-0.39, 0.29) is 6.79 Å². The van der Waals surface area contributed by atoms with Crippen LogP contribution < -0.4 is 9.47 Å². The molecule has 0 saturated heterocycles. The highest BCUT2D eigenvalue weighted by molar-refractivity contribution is 5.94. The maximum atomic E-state index is 13.3. The smallest absolute Gasteiger partial charge is 0.342 e. The molecule has 0 aromatic heterocycles. The molecule has 4 rings (SSSR count). The Morgan fingerprint density at radius 2 is 1.94 bits per heavy atom. The summed E-state index contributed by atoms with van der Waals surface area (Å²) in [5, 5.41) is 0. The number of ether oxygens (including phenoxy) is 5. The Hall–Kier alpha value is -2.83. The zero-order chi connectivity index (χ0) is 22.5. The summed E-state index contributed by atoms with van der Waals surface area (Å²) in [6.45, 7) is 4.68. The van der Waals surface area contributed by atoms with Crippen LogP contribution in [0.3, 0.4) is 0 Å². The van der Waals surface area contributed by atoms with Gasteiger partial charge < -0.3 is 23.7 Å². The number of aryl methyl sites for hydroxylation is 1. The highest BCUT2D eigenvalue weighted by atomic mass is 16.7. The molecular weight excluding hydrogens is 408 g/mol. The van der Waals surface area contributed by atoms with E-state index in [1.165, 1.54) is 0 Å². The van der Waals surface area contributed by atoms with Gasteiger partial charge in [-0.1, -0.05) is 44.1 Å². The second kappa shape index (κ2) is 10.2. The Morgan fingerprint density at radius 1 is 1.09 bits per heavy atom. The second-order valence-electron chi connectivity index (χ2n) is 8.11. The first-order valence-corrected chi connectivity index (χ1v) is 11.2. The van der Waals surface area contributed by atoms with Gasteiger partial charge in [-0.15, -0.1) is 0 Å². The first-order chi connectivity index (χ1) is 15.6. The van der Waals surface area contributed by atoms with Crippen LogP contribution in [0.1, 0.15) is 59.7 Å². The van der Waals surface area contributed by atoms with Gasteiger partial charge >= 0.3 is 5.97 Å². The van der Waals surface area contributed by atoms with Crippen LogP contribution in [0.2, 0.25) is 0 Å². The van der Waals surface area contributed by atoms with Crippen LogP contribution in [-0.2, 0) is 20.8 Å². The Morgan fingerprint density at radius 3 is 2.75 bits per heavy atom. The molecule has 0 amide bonds. The van der Waals surface area contributed by atoms with Crippen LogP contribution in [-0.4, -0.2) is 32.1 Å². The van der Waals surface area contributed by atoms with Crippen molar-refractivity contribution in [3.8, 4) is 17.2 Å². The van der Waals surface area contributed by atoms with Crippen LogP contribution in [0, 0.1) is 6.92 Å². The summed E-state index contributed by atoms with van der Waals surface area (Å²) in [5.41, 5.74) is 2.98. The fourth-order valence-corrected chi connectivity index (χ4v) is 4.16. The minimum absolute atomic E-state index is 0.223. The minimum Gasteiger partial charge on any atom is -0.467 e. The average molecular weight is 439 g/mol. The molecular formula is C26H30O6. The Kier molecular flexibility index (Phi) is 7.12. The number of hydrogen-bond donors (Lipinski definition) is 0. The number of hydrogen-bond acceptors (Lipinski definition) is 6. The summed E-state index contributed by atoms with van der Waals surface area (Å²) in [5.74, 6) is 1.45. The Balaban J connectivity index is 1.84. The normalized spacial score (nSPS) is 21.0. The molecule has 2 aromatic rings. The van der Waals surface area contributed by atoms with Crippen molar-refractivity contribution in [1.82, 2.24) is 0 Å². The third kappa shape index (κ3) is 4.66. The molecule has 2 aromatic carbocycles. The molecule has 0 N–H and O–H groups in total. The molecule has 6 heteroatoms. The van der Waals surface area contributed by atoms with Crippen LogP contribution in [0.5, 0.6) is 17.2 Å². The predicted molar refractivity (Wildman–Crippen MR) is 121 cm³/mol. The summed E-state index contributed by atoms with van der Waals surface area (Å²) in [7, 11) is 1.64. The van der Waals surface area contributed by atoms with Crippen molar-refractivity contribution in [2.24, 2.45) is 0 Å². The average Bonchev–Trinajstić information content (AvgIpc) is 2.82. The number of unbranched alkanes of at least 4 members (excludes halogenated alkanes) is 2. The highest BCUT2D eigenvalue weighted by Gasteiger charge is 2.28. The van der Waals surface area contributed by atoms with Crippen molar-refractivity contribution in [1.29, 1.82) is 0 Å². The van der Waals surface area contributed by atoms with E-state index in [2.05, 4.69) is 6.92 Å². The third-order valence-electron chi connectivity index (χ3n) is 5.92. The lowest BCUT2D eigenvalue weighted by molar-refractivity contribution is -0.0214. The first kappa shape index (κ1) is 22.4. The summed E-state index contributed by atoms with van der Waals surface area (Å²) in [6, 6.07) is 9.29. The maximum Gasteiger partial charge on any atom is 0.342 e. The SMILES string of the molecule is CCCCC[C@@H]1OC(=O)c2c(C)cccc2Oc2ccc3c(c2/C=C/[C@H]1OC)COCO3. The lowest BCUT2D eigenvalue weighted by Gasteiger charge is -2.24. The molecule has 2 aliphatic rings. The van der Waals surface area contributed by atoms with E-state index in [0.29, 0.717) is 23.7 Å². The molecule has 2 atom stereocenters. The third-order valence-corrected chi connectivity index (χ3v) is 5.92. The van der Waals surface area contributed by atoms with Gasteiger partial charge in [-0.2, -0.15) is 0 Å². The number of methoxy groups -OCH3 is 1. The van der Waals surface area contributed by atoms with E-state index in [0.717, 1.165) is 48.1 Å². The van der Waals surface area contributed by atoms with Crippen LogP contribution in [0.25, 0.3) is 6.08 Å². The molecule has 2 aliphatic heterocycles. The lowest BCUT2D eigenvalue weighted by atomic mass is 10.0. The van der Waals surface area contributed by atoms with Crippen molar-refractivity contribution < 1.29 is 28.5 Å². The molecule has 0 unspecified atom stereocenters. The number of cyclic esters (lactones) is 1. The van der Waals surface area contributed by atoms with Crippen molar-refractivity contribution in [3.05, 3.63) is 58.7 Å². The summed E-state index contributed by atoms with van der Waals surface area (Å²) in [4.78, 5) is 13.3. The van der Waals surface area contributed by atoms with E-state index < -0.39 is 18.2 Å². The van der Waals surface area contributed by atoms with E-state index in [1.54, 1.807) is 13.2 Å². The van der Waals surface area contributed by atoms with Gasteiger partial charge in [0.05, 0.1) is 6.61 Å². The Labute approximate surface area is 189 Å². The molecule has 6 nitrogen and oxygen atoms in total. The molecule has 32 heavy (non-hydrogen) atoms. The number of fused-ring (bicyclic) bond motifs is 4. The number of rotatable bonds is 5. The highest BCUT2D eigenvalue weighted by Crippen LogP contribution is 2.39. The van der Waals surface area contributed by atoms with Gasteiger partial charge in [-0.25, -0.2) is 4.79 Å². The fraction of sp³-hybridized carbons (Fsp3) is 0.423. The monoisotopic (exact) mass is 438 g/mol. The van der Waals surface area contributed by atoms with Gasteiger partial charge in [-0.05, 0) is 43.5 Å². The van der Waals surface area contributed by atoms with Gasteiger partial charge in [0.25, 0.3) is 0 Å². The van der Waals surface area contributed by atoms with E-state index in [9.17, 15) is 4.79 Å². The van der Waals surface area contributed by atoms with Crippen molar-refractivity contribution in [2.45, 2.75) is 58.3 Å². The zero-order valence-electron chi connectivity index (χ0n) is 18.9. The van der Waals surface area contributed by atoms with Crippen LogP contribution >= 0.6 is 0 Å². The van der Waals surface area contributed by atoms with Crippen LogP contribution in [0.4, 0.5) is 0 Å². The van der Waals surface area contributed by atoms with Gasteiger partial charge in [0.2, 0.25) is 0 Å². The fourth-order valence-electron chi connectivity index (χ4n) is 4.16. The van der Waals surface area contributed by atoms with E-state index >= 15 is 0 Å². The number of carbonyl (C=O) groups is 1. The Bertz CT molecular complexity index is 996. The summed E-state index contributed by atoms with van der Waals surface area (Å²) < 4.78 is 29.3. The first-order valence-electron chi connectivity index (χ1n) is 11.2. The predicted octanol–water partition coefficient (Wildman–Crippen LogP) is 5.80. The van der Waals surface area contributed by atoms with Crippen LogP contribution in [0.15, 0.2) is 36.4 Å². The largest absolute Gasteiger partial charge is 0.467 e. The van der Waals surface area contributed by atoms with E-state index in [1.807, 2.05) is 43.3 Å². The molecule has 0 fully saturated rings. The molecule has 2 heterocycles. The molecule has 0 spiro atoms. The van der Waals surface area contributed by atoms with Gasteiger partial charge in [0, 0.05) is 18.2 Å². The van der Waals surface area contributed by atoms with Gasteiger partial charge in [0.15, 0.2) is 6.79 Å². The standard InChI is InChI=1S/C26H30O6/c1-4-5-6-9-23-22(28-3)12-11-18-19-15-29-16-30-20(19)13-14-21(18)31-24-10-7-8-17(2)25(24)26(27)32-23/h7-8,10-14,22-23H,4-6,9,15-16H2,1-3H3/b12-11+/t22-,23+/m1/s1. The summed E-state index contributed by atoms with van der Waals surface area (Å²) in [6.07, 6.45) is 6.92. The number of esters is 1. The van der Waals surface area contributed by atoms with Crippen molar-refractivity contribution in [3.63, 3.8) is 0 Å². The number of carbonyl (C=O) groups excluding carboxylic acids is 1. The second-order valence-corrected chi connectivity index (χ2v) is 8.11. The number of benzene rings is 2. The summed E-state index contributed by atoms with van der Waals surface area (Å²) >= 11 is 0. The molecule has 0 bridgehead atoms. The van der Waals surface area contributed by atoms with E-state index in [4.69, 9.17) is 23.7 Å². The quantitative estimate of drug-likeness (QED) is 0.434. The lowest BCUT2D eigenvalue weighted by Crippen LogP contribution is -2.32. The van der Waals surface area contributed by atoms with Crippen molar-refractivity contribution >= 4 is 12.0 Å². The minimum atomic E-state index is -0.406. The molecule has 170 valence electrons. The molecule has 0 saturated carbocycles. The van der Waals surface area contributed by atoms with Gasteiger partial charge in [0.1, 0.15) is 35.0 Å². The molecule has 0 radical (unpaired) electrons.